The van der Waals surface area contributed by atoms with Crippen molar-refractivity contribution in [3.63, 3.8) is 0 Å². The number of fused-ring (bicyclic) bond motifs is 1. The molecule has 154 valence electrons. The molecule has 1 amide bonds. The van der Waals surface area contributed by atoms with Crippen molar-refractivity contribution in [2.24, 2.45) is 0 Å². The molecule has 1 fully saturated rings. The van der Waals surface area contributed by atoms with Crippen LogP contribution >= 0.6 is 0 Å². The molecule has 0 saturated carbocycles. The zero-order valence-corrected chi connectivity index (χ0v) is 17.0. The fourth-order valence-corrected chi connectivity index (χ4v) is 5.17. The first-order valence-electron chi connectivity index (χ1n) is 9.78. The van der Waals surface area contributed by atoms with Gasteiger partial charge in [-0.15, -0.1) is 0 Å². The van der Waals surface area contributed by atoms with Crippen LogP contribution in [0.5, 0.6) is 11.5 Å². The van der Waals surface area contributed by atoms with Crippen molar-refractivity contribution in [3.8, 4) is 11.5 Å². The molecule has 2 heterocycles. The maximum Gasteiger partial charge on any atom is 0.269 e. The van der Waals surface area contributed by atoms with Crippen LogP contribution in [0.2, 0.25) is 0 Å². The number of nitrogens with one attached hydrogen (secondary N) is 1. The minimum atomic E-state index is -3.57. The number of piperidine rings is 1. The largest absolute Gasteiger partial charge is 0.482 e. The quantitative estimate of drug-likeness (QED) is 0.828. The SMILES string of the molecule is C[C@@H]1Oc2ccccc2O[C@H]1C(=O)Nc1cccc(S(=O)(=O)N2CCCCC2)c1. The predicted octanol–water partition coefficient (Wildman–Crippen LogP) is 3.03. The van der Waals surface area contributed by atoms with Crippen LogP contribution in [0.15, 0.2) is 53.4 Å². The van der Waals surface area contributed by atoms with Gasteiger partial charge in [0.05, 0.1) is 4.90 Å². The Balaban J connectivity index is 1.50. The Kier molecular flexibility index (Phi) is 5.47. The zero-order valence-electron chi connectivity index (χ0n) is 16.2. The summed E-state index contributed by atoms with van der Waals surface area (Å²) in [6, 6.07) is 13.5. The highest BCUT2D eigenvalue weighted by molar-refractivity contribution is 7.89. The molecule has 2 aliphatic rings. The van der Waals surface area contributed by atoms with E-state index in [1.807, 2.05) is 12.1 Å². The van der Waals surface area contributed by atoms with E-state index >= 15 is 0 Å². The lowest BCUT2D eigenvalue weighted by atomic mass is 10.1. The zero-order chi connectivity index (χ0) is 20.4. The second-order valence-corrected chi connectivity index (χ2v) is 9.23. The molecular weight excluding hydrogens is 392 g/mol. The average Bonchev–Trinajstić information content (AvgIpc) is 2.74. The number of carbonyl (C=O) groups excluding carboxylic acids is 1. The van der Waals surface area contributed by atoms with Gasteiger partial charge in [0.15, 0.2) is 11.5 Å². The molecule has 8 heteroatoms. The minimum absolute atomic E-state index is 0.177. The van der Waals surface area contributed by atoms with Gasteiger partial charge in [-0.05, 0) is 50.1 Å². The fourth-order valence-electron chi connectivity index (χ4n) is 3.61. The number of nitrogens with zero attached hydrogens (tertiary/aromatic N) is 1. The van der Waals surface area contributed by atoms with Crippen LogP contribution in [0, 0.1) is 0 Å². The van der Waals surface area contributed by atoms with E-state index in [1.54, 1.807) is 37.3 Å². The van der Waals surface area contributed by atoms with E-state index < -0.39 is 22.2 Å². The van der Waals surface area contributed by atoms with E-state index in [0.29, 0.717) is 30.3 Å². The number of benzene rings is 2. The number of sulfonamides is 1. The van der Waals surface area contributed by atoms with Crippen LogP contribution in [-0.2, 0) is 14.8 Å². The molecule has 1 N–H and O–H groups in total. The Labute approximate surface area is 170 Å². The maximum atomic E-state index is 12.9. The first-order valence-corrected chi connectivity index (χ1v) is 11.2. The second-order valence-electron chi connectivity index (χ2n) is 7.29. The lowest BCUT2D eigenvalue weighted by molar-refractivity contribution is -0.128. The van der Waals surface area contributed by atoms with Gasteiger partial charge in [0.2, 0.25) is 16.1 Å². The first-order chi connectivity index (χ1) is 13.9. The molecule has 2 atom stereocenters. The highest BCUT2D eigenvalue weighted by atomic mass is 32.2. The number of para-hydroxylation sites is 2. The van der Waals surface area contributed by atoms with E-state index in [9.17, 15) is 13.2 Å². The molecule has 0 unspecified atom stereocenters. The normalized spacial score (nSPS) is 22.1. The maximum absolute atomic E-state index is 12.9. The molecule has 7 nitrogen and oxygen atoms in total. The first kappa shape index (κ1) is 19.7. The average molecular weight is 416 g/mol. The fraction of sp³-hybridized carbons (Fsp3) is 0.381. The topological polar surface area (TPSA) is 84.9 Å². The van der Waals surface area contributed by atoms with E-state index in [0.717, 1.165) is 19.3 Å². The molecule has 0 aromatic heterocycles. The molecule has 0 radical (unpaired) electrons. The van der Waals surface area contributed by atoms with Crippen LogP contribution in [0.3, 0.4) is 0 Å². The summed E-state index contributed by atoms with van der Waals surface area (Å²) in [5, 5.41) is 2.76. The molecule has 0 spiro atoms. The monoisotopic (exact) mass is 416 g/mol. The van der Waals surface area contributed by atoms with Gasteiger partial charge < -0.3 is 14.8 Å². The predicted molar refractivity (Wildman–Crippen MR) is 109 cm³/mol. The molecule has 4 rings (SSSR count). The highest BCUT2D eigenvalue weighted by Gasteiger charge is 2.34. The molecule has 0 bridgehead atoms. The number of ether oxygens (including phenoxy) is 2. The van der Waals surface area contributed by atoms with Gasteiger partial charge in [-0.2, -0.15) is 4.31 Å². The van der Waals surface area contributed by atoms with Crippen molar-refractivity contribution in [2.45, 2.75) is 43.3 Å². The van der Waals surface area contributed by atoms with Crippen LogP contribution in [-0.4, -0.2) is 43.9 Å². The van der Waals surface area contributed by atoms with Crippen LogP contribution in [0.25, 0.3) is 0 Å². The van der Waals surface area contributed by atoms with Crippen molar-refractivity contribution in [1.29, 1.82) is 0 Å². The Hall–Kier alpha value is -2.58. The summed E-state index contributed by atoms with van der Waals surface area (Å²) in [4.78, 5) is 13.0. The number of carbonyl (C=O) groups is 1. The third kappa shape index (κ3) is 4.09. The Bertz CT molecular complexity index is 1000. The number of rotatable bonds is 4. The Morgan fingerprint density at radius 1 is 1.00 bits per heavy atom. The Morgan fingerprint density at radius 2 is 1.69 bits per heavy atom. The van der Waals surface area contributed by atoms with Gasteiger partial charge in [0.1, 0.15) is 6.10 Å². The smallest absolute Gasteiger partial charge is 0.269 e. The van der Waals surface area contributed by atoms with Gasteiger partial charge in [-0.1, -0.05) is 24.6 Å². The van der Waals surface area contributed by atoms with Gasteiger partial charge in [0.25, 0.3) is 5.91 Å². The van der Waals surface area contributed by atoms with Gasteiger partial charge in [-0.25, -0.2) is 8.42 Å². The number of hydrogen-bond acceptors (Lipinski definition) is 5. The number of hydrogen-bond donors (Lipinski definition) is 1. The summed E-state index contributed by atoms with van der Waals surface area (Å²) in [5.41, 5.74) is 0.405. The summed E-state index contributed by atoms with van der Waals surface area (Å²) >= 11 is 0. The van der Waals surface area contributed by atoms with E-state index in [4.69, 9.17) is 9.47 Å². The third-order valence-electron chi connectivity index (χ3n) is 5.16. The van der Waals surface area contributed by atoms with Gasteiger partial charge in [-0.3, -0.25) is 4.79 Å². The molecular formula is C21H24N2O5S. The Morgan fingerprint density at radius 3 is 2.41 bits per heavy atom. The van der Waals surface area contributed by atoms with Gasteiger partial charge >= 0.3 is 0 Å². The van der Waals surface area contributed by atoms with Crippen molar-refractivity contribution < 1.29 is 22.7 Å². The lowest BCUT2D eigenvalue weighted by Gasteiger charge is -2.31. The second kappa shape index (κ2) is 8.04. The number of anilines is 1. The van der Waals surface area contributed by atoms with Crippen LogP contribution in [0.1, 0.15) is 26.2 Å². The van der Waals surface area contributed by atoms with Crippen molar-refractivity contribution >= 4 is 21.6 Å². The van der Waals surface area contributed by atoms with E-state index in [1.165, 1.54) is 10.4 Å². The van der Waals surface area contributed by atoms with E-state index in [-0.39, 0.29) is 10.8 Å². The summed E-state index contributed by atoms with van der Waals surface area (Å²) in [6.45, 7) is 2.82. The molecule has 29 heavy (non-hydrogen) atoms. The highest BCUT2D eigenvalue weighted by Crippen LogP contribution is 2.33. The minimum Gasteiger partial charge on any atom is -0.482 e. The van der Waals surface area contributed by atoms with E-state index in [2.05, 4.69) is 5.32 Å². The molecule has 0 aliphatic carbocycles. The summed E-state index contributed by atoms with van der Waals surface area (Å²) in [5.74, 6) is 0.713. The van der Waals surface area contributed by atoms with Crippen LogP contribution in [0.4, 0.5) is 5.69 Å². The third-order valence-corrected chi connectivity index (χ3v) is 7.05. The standard InChI is InChI=1S/C21H24N2O5S/c1-15-20(28-19-11-4-3-10-18(19)27-15)21(24)22-16-8-7-9-17(14-16)29(25,26)23-12-5-2-6-13-23/h3-4,7-11,14-15,20H,2,5-6,12-13H2,1H3,(H,22,24)/t15-,20+/m0/s1. The van der Waals surface area contributed by atoms with Crippen LogP contribution < -0.4 is 14.8 Å². The molecule has 2 aromatic carbocycles. The molecule has 2 aliphatic heterocycles. The van der Waals surface area contributed by atoms with Gasteiger partial charge in [0, 0.05) is 18.8 Å². The van der Waals surface area contributed by atoms with Crippen molar-refractivity contribution in [2.75, 3.05) is 18.4 Å². The number of amides is 1. The lowest BCUT2D eigenvalue weighted by Crippen LogP contribution is -2.46. The summed E-state index contributed by atoms with van der Waals surface area (Å²) in [7, 11) is -3.57. The molecule has 1 saturated heterocycles. The summed E-state index contributed by atoms with van der Waals surface area (Å²) in [6.07, 6.45) is 1.46. The van der Waals surface area contributed by atoms with Crippen molar-refractivity contribution in [3.05, 3.63) is 48.5 Å². The molecule has 2 aromatic rings. The summed E-state index contributed by atoms with van der Waals surface area (Å²) < 4.78 is 38.9. The van der Waals surface area contributed by atoms with Crippen molar-refractivity contribution in [1.82, 2.24) is 4.31 Å².